The Morgan fingerprint density at radius 3 is 1.94 bits per heavy atom. The maximum atomic E-state index is 13.4. The number of nitrogens with zero attached hydrogens (tertiary/aromatic N) is 3. The van der Waals surface area contributed by atoms with Crippen LogP contribution in [-0.4, -0.2) is 45.3 Å². The van der Waals surface area contributed by atoms with Gasteiger partial charge in [-0.2, -0.15) is 5.10 Å². The number of hydrogen-bond acceptors (Lipinski definition) is 6. The molecule has 3 aromatic rings. The lowest BCUT2D eigenvalue weighted by molar-refractivity contribution is -0.135. The number of amides is 2. The second-order valence-electron chi connectivity index (χ2n) is 15.5. The quantitative estimate of drug-likeness (QED) is 0.0929. The van der Waals surface area contributed by atoms with Crippen LogP contribution in [0.4, 0.5) is 4.39 Å². The van der Waals surface area contributed by atoms with Crippen molar-refractivity contribution in [3.8, 4) is 0 Å². The first-order chi connectivity index (χ1) is 25.6. The Kier molecular flexibility index (Phi) is 17.2. The Morgan fingerprint density at radius 2 is 1.40 bits per heavy atom. The van der Waals surface area contributed by atoms with Crippen LogP contribution in [0, 0.1) is 16.6 Å². The smallest absolute Gasteiger partial charge is 0.270 e. The van der Waals surface area contributed by atoms with Crippen LogP contribution in [0.25, 0.3) is 5.65 Å². The molecule has 2 bridgehead atoms. The van der Waals surface area contributed by atoms with Crippen LogP contribution < -0.4 is 16.4 Å². The lowest BCUT2D eigenvalue weighted by atomic mass is 9.52. The third kappa shape index (κ3) is 12.6. The van der Waals surface area contributed by atoms with Gasteiger partial charge in [0.2, 0.25) is 0 Å². The highest BCUT2D eigenvalue weighted by Gasteiger charge is 2.50. The van der Waals surface area contributed by atoms with Crippen LogP contribution in [0.5, 0.6) is 0 Å². The van der Waals surface area contributed by atoms with Crippen LogP contribution in [0.3, 0.4) is 0 Å². The summed E-state index contributed by atoms with van der Waals surface area (Å²) < 4.78 is 14.8. The van der Waals surface area contributed by atoms with E-state index in [9.17, 15) is 18.8 Å². The minimum Gasteiger partial charge on any atom is -0.350 e. The molecule has 11 heteroatoms. The Labute approximate surface area is 320 Å². The number of carbonyl (C=O) groups is 3. The molecule has 2 aromatic heterocycles. The number of carbonyl (C=O) groups excluding carboxylic acids is 3. The zero-order valence-corrected chi connectivity index (χ0v) is 32.9. The first-order valence-corrected chi connectivity index (χ1v) is 20.6. The molecule has 53 heavy (non-hydrogen) atoms. The third-order valence-corrected chi connectivity index (χ3v) is 11.9. The van der Waals surface area contributed by atoms with Crippen molar-refractivity contribution in [2.24, 2.45) is 16.6 Å². The summed E-state index contributed by atoms with van der Waals surface area (Å²) in [6.45, 7) is 5.49. The summed E-state index contributed by atoms with van der Waals surface area (Å²) in [5.74, 6) is -1.07. The first-order valence-electron chi connectivity index (χ1n) is 20.2. The molecule has 2 heterocycles. The second kappa shape index (κ2) is 21.5. The van der Waals surface area contributed by atoms with Crippen molar-refractivity contribution in [3.63, 3.8) is 0 Å². The van der Waals surface area contributed by atoms with Gasteiger partial charge in [-0.15, -0.1) is 0 Å². The molecule has 3 fully saturated rings. The molecule has 6 rings (SSSR count). The van der Waals surface area contributed by atoms with Gasteiger partial charge >= 0.3 is 0 Å². The van der Waals surface area contributed by atoms with Crippen LogP contribution in [0.15, 0.2) is 36.5 Å². The monoisotopic (exact) mass is 752 g/mol. The molecule has 9 nitrogen and oxygen atoms in total. The highest BCUT2D eigenvalue weighted by Crippen LogP contribution is 2.56. The van der Waals surface area contributed by atoms with Gasteiger partial charge in [0.15, 0.2) is 5.65 Å². The van der Waals surface area contributed by atoms with Crippen molar-refractivity contribution in [2.75, 3.05) is 13.1 Å². The van der Waals surface area contributed by atoms with Crippen molar-refractivity contribution in [1.29, 1.82) is 0 Å². The number of aromatic nitrogens is 3. The van der Waals surface area contributed by atoms with E-state index >= 15 is 0 Å². The number of ketones is 1. The van der Waals surface area contributed by atoms with Gasteiger partial charge in [0.05, 0.1) is 11.2 Å². The number of halogens is 2. The molecule has 3 aliphatic carbocycles. The largest absolute Gasteiger partial charge is 0.350 e. The summed E-state index contributed by atoms with van der Waals surface area (Å²) in [4.78, 5) is 42.5. The van der Waals surface area contributed by atoms with Gasteiger partial charge in [0, 0.05) is 30.6 Å². The zero-order chi connectivity index (χ0) is 38.1. The van der Waals surface area contributed by atoms with Gasteiger partial charge in [-0.3, -0.25) is 14.4 Å². The zero-order valence-electron chi connectivity index (χ0n) is 32.1. The first kappa shape index (κ1) is 42.4. The van der Waals surface area contributed by atoms with Gasteiger partial charge in [0.1, 0.15) is 23.0 Å². The van der Waals surface area contributed by atoms with E-state index in [1.807, 2.05) is 0 Å². The Morgan fingerprint density at radius 1 is 0.811 bits per heavy atom. The third-order valence-electron chi connectivity index (χ3n) is 11.6. The van der Waals surface area contributed by atoms with E-state index in [0.29, 0.717) is 17.8 Å². The SMILES string of the molecule is CC(=O)C12CCC(CNC(=O)c3cc(C(=O)NCc4ccc(F)c(Cl)c4)nc4ccnn34)(CC1)CC2.CCCCCCCCCCCCCCCCN. The number of Topliss-reactive ketones (excluding diaryl/α,β-unsaturated/α-hetero) is 1. The average Bonchev–Trinajstić information content (AvgIpc) is 3.66. The predicted octanol–water partition coefficient (Wildman–Crippen LogP) is 9.54. The van der Waals surface area contributed by atoms with Crippen LogP contribution in [0.1, 0.15) is 169 Å². The molecular formula is C42H62ClFN6O3. The van der Waals surface area contributed by atoms with Crippen LogP contribution in [0.2, 0.25) is 5.02 Å². The predicted molar refractivity (Wildman–Crippen MR) is 211 cm³/mol. The van der Waals surface area contributed by atoms with Crippen molar-refractivity contribution >= 4 is 34.8 Å². The highest BCUT2D eigenvalue weighted by atomic mass is 35.5. The summed E-state index contributed by atoms with van der Waals surface area (Å²) in [7, 11) is 0. The van der Waals surface area contributed by atoms with E-state index in [2.05, 4.69) is 27.6 Å². The van der Waals surface area contributed by atoms with Gasteiger partial charge in [0.25, 0.3) is 11.8 Å². The van der Waals surface area contributed by atoms with Crippen molar-refractivity contribution in [2.45, 2.75) is 149 Å². The minimum atomic E-state index is -0.533. The van der Waals surface area contributed by atoms with E-state index < -0.39 is 11.7 Å². The summed E-state index contributed by atoms with van der Waals surface area (Å²) in [6, 6.07) is 7.25. The van der Waals surface area contributed by atoms with E-state index in [0.717, 1.165) is 45.1 Å². The van der Waals surface area contributed by atoms with E-state index in [4.69, 9.17) is 17.3 Å². The summed E-state index contributed by atoms with van der Waals surface area (Å²) in [5, 5.41) is 9.95. The topological polar surface area (TPSA) is 131 Å². The van der Waals surface area contributed by atoms with Crippen molar-refractivity contribution in [1.82, 2.24) is 25.2 Å². The molecule has 0 aliphatic heterocycles. The van der Waals surface area contributed by atoms with Gasteiger partial charge in [-0.1, -0.05) is 108 Å². The second-order valence-corrected chi connectivity index (χ2v) is 15.9. The molecule has 0 radical (unpaired) electrons. The molecule has 3 aliphatic rings. The number of benzene rings is 1. The van der Waals surface area contributed by atoms with E-state index in [1.165, 1.54) is 125 Å². The number of fused-ring (bicyclic) bond motifs is 4. The van der Waals surface area contributed by atoms with Gasteiger partial charge in [-0.05, 0) is 81.5 Å². The summed E-state index contributed by atoms with van der Waals surface area (Å²) in [5.41, 5.74) is 6.58. The van der Waals surface area contributed by atoms with Gasteiger partial charge in [-0.25, -0.2) is 13.9 Å². The number of unbranched alkanes of at least 4 members (excludes halogenated alkanes) is 13. The molecule has 0 atom stereocenters. The fourth-order valence-electron chi connectivity index (χ4n) is 7.87. The summed E-state index contributed by atoms with van der Waals surface area (Å²) in [6.07, 6.45) is 26.8. The lowest BCUT2D eigenvalue weighted by Crippen LogP contribution is -2.49. The fourth-order valence-corrected chi connectivity index (χ4v) is 8.07. The lowest BCUT2D eigenvalue weighted by Gasteiger charge is -2.52. The molecule has 0 saturated heterocycles. The summed E-state index contributed by atoms with van der Waals surface area (Å²) >= 11 is 5.81. The van der Waals surface area contributed by atoms with Crippen LogP contribution >= 0.6 is 11.6 Å². The highest BCUT2D eigenvalue weighted by molar-refractivity contribution is 6.30. The maximum absolute atomic E-state index is 13.4. The molecule has 292 valence electrons. The molecule has 0 unspecified atom stereocenters. The van der Waals surface area contributed by atoms with Crippen molar-refractivity contribution < 1.29 is 18.8 Å². The Hall–Kier alpha value is -3.37. The molecule has 1 aromatic carbocycles. The number of rotatable bonds is 21. The van der Waals surface area contributed by atoms with Crippen molar-refractivity contribution in [3.05, 3.63) is 64.3 Å². The molecule has 4 N–H and O–H groups in total. The standard InChI is InChI=1S/C26H27ClFN5O3.C16H35N/c1-16(34)26-8-5-25(6-9-26,7-10-26)15-30-24(36)21-13-20(32-22-4-11-31-33(21)22)23(35)29-14-17-2-3-19(28)18(27)12-17;1-2-3-4-5-6-7-8-9-10-11-12-13-14-15-16-17/h2-4,11-13H,5-10,14-15H2,1H3,(H,29,35)(H,30,36);2-17H2,1H3. The van der Waals surface area contributed by atoms with E-state index in [-0.39, 0.29) is 45.5 Å². The molecule has 3 saturated carbocycles. The minimum absolute atomic E-state index is 0.000239. The molecule has 0 spiro atoms. The number of nitrogens with one attached hydrogen (secondary N) is 2. The fraction of sp³-hybridized carbons (Fsp3) is 0.643. The Bertz CT molecular complexity index is 1590. The maximum Gasteiger partial charge on any atom is 0.270 e. The molecule has 2 amide bonds. The van der Waals surface area contributed by atoms with Crippen LogP contribution in [-0.2, 0) is 11.3 Å². The van der Waals surface area contributed by atoms with E-state index in [1.54, 1.807) is 13.0 Å². The normalized spacial score (nSPS) is 19.1. The average molecular weight is 753 g/mol. The van der Waals surface area contributed by atoms with Gasteiger partial charge < -0.3 is 16.4 Å². The Balaban J connectivity index is 0.000000313. The number of hydrogen-bond donors (Lipinski definition) is 3. The molecular weight excluding hydrogens is 691 g/mol. The number of nitrogens with two attached hydrogens (primary N) is 1.